The molecule has 0 bridgehead atoms. The Bertz CT molecular complexity index is 933. The van der Waals surface area contributed by atoms with Crippen molar-refractivity contribution in [1.29, 1.82) is 0 Å². The zero-order valence-electron chi connectivity index (χ0n) is 13.0. The number of thiophene rings is 1. The minimum Gasteiger partial charge on any atom is -0.267 e. The standard InChI is InChI=1S/C17H17N3OS/c1-10-5-7-14(8-6-10)9-18-20-13(4)19-16-15(17(20)21)11(2)12(3)22-16/h5-9H,1-4H3. The van der Waals surface area contributed by atoms with Gasteiger partial charge in [0.25, 0.3) is 5.56 Å². The summed E-state index contributed by atoms with van der Waals surface area (Å²) in [5, 5.41) is 5.00. The van der Waals surface area contributed by atoms with E-state index in [4.69, 9.17) is 0 Å². The number of hydrogen-bond donors (Lipinski definition) is 0. The molecule has 0 spiro atoms. The van der Waals surface area contributed by atoms with Crippen LogP contribution in [0.2, 0.25) is 0 Å². The van der Waals surface area contributed by atoms with Gasteiger partial charge in [-0.1, -0.05) is 29.8 Å². The Balaban J connectivity index is 2.12. The van der Waals surface area contributed by atoms with Crippen LogP contribution in [0.5, 0.6) is 0 Å². The molecule has 3 rings (SSSR count). The molecule has 0 radical (unpaired) electrons. The molecule has 2 heterocycles. The van der Waals surface area contributed by atoms with Crippen molar-refractivity contribution in [3.05, 3.63) is 62.0 Å². The molecule has 4 nitrogen and oxygen atoms in total. The first-order chi connectivity index (χ1) is 10.5. The maximum absolute atomic E-state index is 12.7. The molecule has 0 aliphatic carbocycles. The van der Waals surface area contributed by atoms with Crippen LogP contribution in [-0.4, -0.2) is 15.9 Å². The zero-order valence-corrected chi connectivity index (χ0v) is 13.9. The van der Waals surface area contributed by atoms with Crippen molar-refractivity contribution in [2.75, 3.05) is 0 Å². The molecule has 0 N–H and O–H groups in total. The molecule has 22 heavy (non-hydrogen) atoms. The summed E-state index contributed by atoms with van der Waals surface area (Å²) in [5.74, 6) is 0.599. The van der Waals surface area contributed by atoms with Gasteiger partial charge in [-0.2, -0.15) is 9.78 Å². The molecule has 0 atom stereocenters. The molecule has 112 valence electrons. The zero-order chi connectivity index (χ0) is 15.9. The molecule has 0 amide bonds. The Morgan fingerprint density at radius 3 is 2.50 bits per heavy atom. The Kier molecular flexibility index (Phi) is 3.66. The fourth-order valence-electron chi connectivity index (χ4n) is 2.30. The second-order valence-electron chi connectivity index (χ2n) is 5.39. The van der Waals surface area contributed by atoms with Crippen molar-refractivity contribution in [1.82, 2.24) is 9.66 Å². The second kappa shape index (κ2) is 5.50. The molecule has 0 fully saturated rings. The first kappa shape index (κ1) is 14.7. The predicted octanol–water partition coefficient (Wildman–Crippen LogP) is 3.57. The molecule has 2 aromatic heterocycles. The predicted molar refractivity (Wildman–Crippen MR) is 92.3 cm³/mol. The molecule has 0 unspecified atom stereocenters. The molecule has 5 heteroatoms. The fourth-order valence-corrected chi connectivity index (χ4v) is 3.37. The van der Waals surface area contributed by atoms with Crippen LogP contribution < -0.4 is 5.56 Å². The van der Waals surface area contributed by atoms with Crippen LogP contribution in [0.3, 0.4) is 0 Å². The van der Waals surface area contributed by atoms with Gasteiger partial charge in [0, 0.05) is 4.88 Å². The largest absolute Gasteiger partial charge is 0.283 e. The summed E-state index contributed by atoms with van der Waals surface area (Å²) in [5.41, 5.74) is 3.04. The SMILES string of the molecule is Cc1ccc(C=Nn2c(C)nc3sc(C)c(C)c3c2=O)cc1. The van der Waals surface area contributed by atoms with Crippen LogP contribution in [0.4, 0.5) is 0 Å². The maximum atomic E-state index is 12.7. The number of nitrogens with zero attached hydrogens (tertiary/aromatic N) is 3. The van der Waals surface area contributed by atoms with Crippen LogP contribution in [0.15, 0.2) is 34.2 Å². The van der Waals surface area contributed by atoms with Gasteiger partial charge in [0.2, 0.25) is 0 Å². The highest BCUT2D eigenvalue weighted by molar-refractivity contribution is 7.18. The van der Waals surface area contributed by atoms with E-state index in [0.29, 0.717) is 11.2 Å². The van der Waals surface area contributed by atoms with Crippen LogP contribution in [0, 0.1) is 27.7 Å². The minimum atomic E-state index is -0.104. The average Bonchev–Trinajstić information content (AvgIpc) is 2.75. The van der Waals surface area contributed by atoms with Crippen LogP contribution in [0.1, 0.15) is 27.4 Å². The quantitative estimate of drug-likeness (QED) is 0.679. The van der Waals surface area contributed by atoms with Crippen molar-refractivity contribution in [3.63, 3.8) is 0 Å². The summed E-state index contributed by atoms with van der Waals surface area (Å²) in [6.07, 6.45) is 1.69. The van der Waals surface area contributed by atoms with E-state index < -0.39 is 0 Å². The third kappa shape index (κ3) is 2.48. The monoisotopic (exact) mass is 311 g/mol. The molecule has 0 aliphatic rings. The topological polar surface area (TPSA) is 47.2 Å². The summed E-state index contributed by atoms with van der Waals surface area (Å²) in [7, 11) is 0. The number of benzene rings is 1. The lowest BCUT2D eigenvalue weighted by molar-refractivity contribution is 0.772. The van der Waals surface area contributed by atoms with Gasteiger partial charge in [-0.05, 0) is 38.8 Å². The summed E-state index contributed by atoms with van der Waals surface area (Å²) >= 11 is 1.56. The van der Waals surface area contributed by atoms with E-state index >= 15 is 0 Å². The highest BCUT2D eigenvalue weighted by atomic mass is 32.1. The normalized spacial score (nSPS) is 11.6. The number of rotatable bonds is 2. The summed E-state index contributed by atoms with van der Waals surface area (Å²) in [6.45, 7) is 7.81. The van der Waals surface area contributed by atoms with Crippen molar-refractivity contribution in [2.24, 2.45) is 5.10 Å². The Hall–Kier alpha value is -2.27. The van der Waals surface area contributed by atoms with Crippen LogP contribution in [-0.2, 0) is 0 Å². The van der Waals surface area contributed by atoms with E-state index in [0.717, 1.165) is 20.8 Å². The van der Waals surface area contributed by atoms with Gasteiger partial charge in [0.1, 0.15) is 10.7 Å². The lowest BCUT2D eigenvalue weighted by Crippen LogP contribution is -2.20. The van der Waals surface area contributed by atoms with Gasteiger partial charge < -0.3 is 0 Å². The Labute approximate surface area is 132 Å². The number of fused-ring (bicyclic) bond motifs is 1. The summed E-state index contributed by atoms with van der Waals surface area (Å²) in [4.78, 5) is 19.1. The number of aromatic nitrogens is 2. The molecule has 0 saturated carbocycles. The van der Waals surface area contributed by atoms with Crippen molar-refractivity contribution >= 4 is 27.8 Å². The van der Waals surface area contributed by atoms with Crippen LogP contribution in [0.25, 0.3) is 10.2 Å². The number of aryl methyl sites for hydroxylation is 4. The second-order valence-corrected chi connectivity index (χ2v) is 6.60. The third-order valence-corrected chi connectivity index (χ3v) is 4.84. The third-order valence-electron chi connectivity index (χ3n) is 3.74. The fraction of sp³-hybridized carbons (Fsp3) is 0.235. The van der Waals surface area contributed by atoms with Gasteiger partial charge in [-0.25, -0.2) is 4.98 Å². The van der Waals surface area contributed by atoms with E-state index in [-0.39, 0.29) is 5.56 Å². The molecule has 1 aromatic carbocycles. The lowest BCUT2D eigenvalue weighted by Gasteiger charge is -2.03. The highest BCUT2D eigenvalue weighted by Gasteiger charge is 2.13. The van der Waals surface area contributed by atoms with Gasteiger partial charge in [0.15, 0.2) is 0 Å². The summed E-state index contributed by atoms with van der Waals surface area (Å²) < 4.78 is 1.38. The van der Waals surface area contributed by atoms with Crippen molar-refractivity contribution < 1.29 is 0 Å². The van der Waals surface area contributed by atoms with Gasteiger partial charge in [-0.3, -0.25) is 4.79 Å². The van der Waals surface area contributed by atoms with E-state index in [1.807, 2.05) is 45.0 Å². The molecular formula is C17H17N3OS. The van der Waals surface area contributed by atoms with Crippen molar-refractivity contribution in [3.8, 4) is 0 Å². The maximum Gasteiger partial charge on any atom is 0.283 e. The molecule has 0 aliphatic heterocycles. The first-order valence-corrected chi connectivity index (χ1v) is 7.89. The van der Waals surface area contributed by atoms with E-state index in [1.54, 1.807) is 24.5 Å². The Morgan fingerprint density at radius 2 is 1.82 bits per heavy atom. The van der Waals surface area contributed by atoms with E-state index in [2.05, 4.69) is 10.1 Å². The van der Waals surface area contributed by atoms with Gasteiger partial charge >= 0.3 is 0 Å². The molecule has 0 saturated heterocycles. The average molecular weight is 311 g/mol. The van der Waals surface area contributed by atoms with E-state index in [1.165, 1.54) is 10.2 Å². The van der Waals surface area contributed by atoms with Crippen LogP contribution >= 0.6 is 11.3 Å². The van der Waals surface area contributed by atoms with Gasteiger partial charge in [0.05, 0.1) is 11.6 Å². The highest BCUT2D eigenvalue weighted by Crippen LogP contribution is 2.26. The smallest absolute Gasteiger partial charge is 0.267 e. The van der Waals surface area contributed by atoms with Crippen molar-refractivity contribution in [2.45, 2.75) is 27.7 Å². The minimum absolute atomic E-state index is 0.104. The Morgan fingerprint density at radius 1 is 1.14 bits per heavy atom. The molecular weight excluding hydrogens is 294 g/mol. The molecule has 3 aromatic rings. The first-order valence-electron chi connectivity index (χ1n) is 7.08. The summed E-state index contributed by atoms with van der Waals surface area (Å²) in [6, 6.07) is 7.99. The van der Waals surface area contributed by atoms with E-state index in [9.17, 15) is 4.79 Å². The lowest BCUT2D eigenvalue weighted by atomic mass is 10.2. The number of hydrogen-bond acceptors (Lipinski definition) is 4. The van der Waals surface area contributed by atoms with Gasteiger partial charge in [-0.15, -0.1) is 11.3 Å².